The van der Waals surface area contributed by atoms with Gasteiger partial charge in [0.1, 0.15) is 0 Å². The standard InChI is InChI=1S/C8H9BrO2/c9-7-2-1-6(5-7)8-10-3-4-11-8/h1-2,8H,3-5H2. The van der Waals surface area contributed by atoms with Crippen LogP contribution in [0.2, 0.25) is 0 Å². The van der Waals surface area contributed by atoms with Gasteiger partial charge in [0.15, 0.2) is 6.29 Å². The molecule has 0 spiro atoms. The molecule has 0 radical (unpaired) electrons. The van der Waals surface area contributed by atoms with Gasteiger partial charge in [-0.25, -0.2) is 0 Å². The summed E-state index contributed by atoms with van der Waals surface area (Å²) in [5, 5.41) is 0. The molecule has 1 fully saturated rings. The molecular weight excluding hydrogens is 208 g/mol. The van der Waals surface area contributed by atoms with Gasteiger partial charge < -0.3 is 9.47 Å². The fourth-order valence-corrected chi connectivity index (χ4v) is 1.70. The lowest BCUT2D eigenvalue weighted by atomic mass is 10.2. The molecule has 2 nitrogen and oxygen atoms in total. The second kappa shape index (κ2) is 3.09. The molecule has 0 amide bonds. The molecule has 2 rings (SSSR count). The Hall–Kier alpha value is -0.120. The molecule has 0 aromatic carbocycles. The predicted molar refractivity (Wildman–Crippen MR) is 45.4 cm³/mol. The Morgan fingerprint density at radius 1 is 1.27 bits per heavy atom. The van der Waals surface area contributed by atoms with Crippen molar-refractivity contribution in [3.8, 4) is 0 Å². The van der Waals surface area contributed by atoms with Crippen LogP contribution in [0.15, 0.2) is 22.2 Å². The Labute approximate surface area is 74.0 Å². The van der Waals surface area contributed by atoms with Crippen LogP contribution < -0.4 is 0 Å². The predicted octanol–water partition coefficient (Wildman–Crippen LogP) is 1.97. The third-order valence-electron chi connectivity index (χ3n) is 1.78. The van der Waals surface area contributed by atoms with Crippen molar-refractivity contribution in [2.24, 2.45) is 0 Å². The summed E-state index contributed by atoms with van der Waals surface area (Å²) >= 11 is 3.42. The van der Waals surface area contributed by atoms with E-state index in [0.717, 1.165) is 19.6 Å². The lowest BCUT2D eigenvalue weighted by Crippen LogP contribution is -2.09. The molecule has 0 saturated carbocycles. The number of allylic oxidation sites excluding steroid dienone is 3. The third kappa shape index (κ3) is 1.55. The van der Waals surface area contributed by atoms with E-state index in [1.54, 1.807) is 0 Å². The summed E-state index contributed by atoms with van der Waals surface area (Å²) in [6.45, 7) is 1.44. The van der Waals surface area contributed by atoms with Crippen LogP contribution in [0.3, 0.4) is 0 Å². The van der Waals surface area contributed by atoms with E-state index in [1.165, 1.54) is 10.1 Å². The van der Waals surface area contributed by atoms with Crippen molar-refractivity contribution in [3.63, 3.8) is 0 Å². The summed E-state index contributed by atoms with van der Waals surface area (Å²) in [5.74, 6) is 0. The molecule has 1 saturated heterocycles. The second-order valence-corrected chi connectivity index (χ2v) is 3.62. The normalized spacial score (nSPS) is 25.5. The molecular formula is C8H9BrO2. The van der Waals surface area contributed by atoms with E-state index < -0.39 is 0 Å². The van der Waals surface area contributed by atoms with Crippen molar-refractivity contribution >= 4 is 15.9 Å². The van der Waals surface area contributed by atoms with Gasteiger partial charge in [-0.05, 0) is 10.1 Å². The topological polar surface area (TPSA) is 18.5 Å². The minimum atomic E-state index is -0.0821. The van der Waals surface area contributed by atoms with E-state index in [2.05, 4.69) is 22.0 Å². The maximum Gasteiger partial charge on any atom is 0.180 e. The molecule has 0 atom stereocenters. The van der Waals surface area contributed by atoms with Crippen LogP contribution >= 0.6 is 15.9 Å². The Morgan fingerprint density at radius 3 is 2.55 bits per heavy atom. The summed E-state index contributed by atoms with van der Waals surface area (Å²) in [7, 11) is 0. The van der Waals surface area contributed by atoms with Crippen LogP contribution in [0, 0.1) is 0 Å². The average Bonchev–Trinajstić information content (AvgIpc) is 2.55. The number of rotatable bonds is 1. The molecule has 0 unspecified atom stereocenters. The van der Waals surface area contributed by atoms with Gasteiger partial charge in [0, 0.05) is 6.42 Å². The average molecular weight is 217 g/mol. The van der Waals surface area contributed by atoms with Crippen molar-refractivity contribution in [1.82, 2.24) is 0 Å². The lowest BCUT2D eigenvalue weighted by molar-refractivity contribution is -0.0121. The smallest absolute Gasteiger partial charge is 0.180 e. The first-order chi connectivity index (χ1) is 5.36. The van der Waals surface area contributed by atoms with E-state index in [9.17, 15) is 0 Å². The first kappa shape index (κ1) is 7.53. The number of halogens is 1. The molecule has 0 aromatic heterocycles. The highest BCUT2D eigenvalue weighted by atomic mass is 79.9. The largest absolute Gasteiger partial charge is 0.346 e. The summed E-state index contributed by atoms with van der Waals surface area (Å²) < 4.78 is 11.9. The summed E-state index contributed by atoms with van der Waals surface area (Å²) in [5.41, 5.74) is 1.22. The molecule has 3 heteroatoms. The molecule has 1 aliphatic heterocycles. The van der Waals surface area contributed by atoms with Crippen molar-refractivity contribution < 1.29 is 9.47 Å². The number of ether oxygens (including phenoxy) is 2. The monoisotopic (exact) mass is 216 g/mol. The molecule has 0 N–H and O–H groups in total. The van der Waals surface area contributed by atoms with Gasteiger partial charge in [-0.15, -0.1) is 0 Å². The zero-order valence-electron chi connectivity index (χ0n) is 6.05. The van der Waals surface area contributed by atoms with Crippen molar-refractivity contribution in [2.45, 2.75) is 12.7 Å². The summed E-state index contributed by atoms with van der Waals surface area (Å²) in [6.07, 6.45) is 4.95. The van der Waals surface area contributed by atoms with Crippen LogP contribution in [-0.2, 0) is 9.47 Å². The van der Waals surface area contributed by atoms with Gasteiger partial charge >= 0.3 is 0 Å². The van der Waals surface area contributed by atoms with E-state index in [1.807, 2.05) is 6.08 Å². The zero-order chi connectivity index (χ0) is 7.68. The Bertz CT molecular complexity index is 214. The Morgan fingerprint density at radius 2 is 2.00 bits per heavy atom. The van der Waals surface area contributed by atoms with Gasteiger partial charge in [0.25, 0.3) is 0 Å². The SMILES string of the molecule is BrC1=CC=C(C2OCCO2)C1. The molecule has 1 aliphatic carbocycles. The molecule has 0 aromatic rings. The minimum absolute atomic E-state index is 0.0821. The number of hydrogen-bond donors (Lipinski definition) is 0. The molecule has 1 heterocycles. The second-order valence-electron chi connectivity index (χ2n) is 2.61. The Kier molecular flexibility index (Phi) is 2.11. The van der Waals surface area contributed by atoms with Crippen molar-refractivity contribution in [1.29, 1.82) is 0 Å². The van der Waals surface area contributed by atoms with Gasteiger partial charge in [0.2, 0.25) is 0 Å². The van der Waals surface area contributed by atoms with Gasteiger partial charge in [-0.3, -0.25) is 0 Å². The first-order valence-corrected chi connectivity index (χ1v) is 4.44. The van der Waals surface area contributed by atoms with E-state index in [0.29, 0.717) is 0 Å². The third-order valence-corrected chi connectivity index (χ3v) is 2.32. The minimum Gasteiger partial charge on any atom is -0.346 e. The van der Waals surface area contributed by atoms with E-state index in [-0.39, 0.29) is 6.29 Å². The highest BCUT2D eigenvalue weighted by Gasteiger charge is 2.22. The summed E-state index contributed by atoms with van der Waals surface area (Å²) in [6, 6.07) is 0. The van der Waals surface area contributed by atoms with Crippen LogP contribution in [0.25, 0.3) is 0 Å². The van der Waals surface area contributed by atoms with Gasteiger partial charge in [-0.1, -0.05) is 28.1 Å². The van der Waals surface area contributed by atoms with Crippen molar-refractivity contribution in [2.75, 3.05) is 13.2 Å². The maximum absolute atomic E-state index is 5.34. The quantitative estimate of drug-likeness (QED) is 0.668. The molecule has 2 aliphatic rings. The highest BCUT2D eigenvalue weighted by Crippen LogP contribution is 2.28. The van der Waals surface area contributed by atoms with Gasteiger partial charge in [0.05, 0.1) is 13.2 Å². The lowest BCUT2D eigenvalue weighted by Gasteiger charge is -2.09. The molecule has 11 heavy (non-hydrogen) atoms. The number of hydrogen-bond acceptors (Lipinski definition) is 2. The molecule has 0 bridgehead atoms. The van der Waals surface area contributed by atoms with Crippen LogP contribution in [0.5, 0.6) is 0 Å². The molecule has 60 valence electrons. The maximum atomic E-state index is 5.34. The first-order valence-electron chi connectivity index (χ1n) is 3.64. The fourth-order valence-electron chi connectivity index (χ4n) is 1.24. The fraction of sp³-hybridized carbons (Fsp3) is 0.500. The van der Waals surface area contributed by atoms with Gasteiger partial charge in [-0.2, -0.15) is 0 Å². The summed E-state index contributed by atoms with van der Waals surface area (Å²) in [4.78, 5) is 0. The highest BCUT2D eigenvalue weighted by molar-refractivity contribution is 9.11. The van der Waals surface area contributed by atoms with E-state index >= 15 is 0 Å². The van der Waals surface area contributed by atoms with Crippen molar-refractivity contribution in [3.05, 3.63) is 22.2 Å². The zero-order valence-corrected chi connectivity index (χ0v) is 7.63. The van der Waals surface area contributed by atoms with Crippen LogP contribution in [0.1, 0.15) is 6.42 Å². The van der Waals surface area contributed by atoms with Crippen LogP contribution in [0.4, 0.5) is 0 Å². The van der Waals surface area contributed by atoms with E-state index in [4.69, 9.17) is 9.47 Å². The van der Waals surface area contributed by atoms with Crippen LogP contribution in [-0.4, -0.2) is 19.5 Å². The Balaban J connectivity index is 1.98.